The lowest BCUT2D eigenvalue weighted by molar-refractivity contribution is -0.136. The van der Waals surface area contributed by atoms with Crippen molar-refractivity contribution in [3.63, 3.8) is 0 Å². The van der Waals surface area contributed by atoms with E-state index in [0.29, 0.717) is 16.8 Å². The zero-order valence-electron chi connectivity index (χ0n) is 14.4. The highest BCUT2D eigenvalue weighted by molar-refractivity contribution is 6.00. The minimum atomic E-state index is -0.777. The van der Waals surface area contributed by atoms with E-state index in [2.05, 4.69) is 5.32 Å². The fourth-order valence-electron chi connectivity index (χ4n) is 2.64. The van der Waals surface area contributed by atoms with Crippen LogP contribution in [0.2, 0.25) is 0 Å². The average Bonchev–Trinajstić information content (AvgIpc) is 2.97. The minimum Gasteiger partial charge on any atom is -0.406 e. The summed E-state index contributed by atoms with van der Waals surface area (Å²) in [5, 5.41) is 2.69. The topological polar surface area (TPSA) is 75.7 Å². The Morgan fingerprint density at radius 2 is 1.50 bits per heavy atom. The molecule has 1 atom stereocenters. The maximum Gasteiger partial charge on any atom is 0.335 e. The van der Waals surface area contributed by atoms with E-state index in [9.17, 15) is 14.4 Å². The third-order valence-electron chi connectivity index (χ3n) is 4.04. The number of carbonyl (C=O) groups excluding carboxylic acids is 3. The van der Waals surface area contributed by atoms with Crippen molar-refractivity contribution >= 4 is 17.8 Å². The summed E-state index contributed by atoms with van der Waals surface area (Å²) in [4.78, 5) is 38.4. The maximum absolute atomic E-state index is 12.8. The first-order valence-electron chi connectivity index (χ1n) is 8.16. The summed E-state index contributed by atoms with van der Waals surface area (Å²) < 4.78 is 5.26. The second-order valence-electron chi connectivity index (χ2n) is 5.89. The van der Waals surface area contributed by atoms with Crippen LogP contribution in [0.1, 0.15) is 34.6 Å². The lowest BCUT2D eigenvalue weighted by Gasteiger charge is -2.20. The monoisotopic (exact) mass is 350 g/mol. The molecular formula is C20H18N2O4. The molecule has 0 saturated carbocycles. The standard InChI is InChI=1S/C20H18N2O4/c1-13(21-17(23)15-9-5-3-6-10-15)19-22(14(2)20(25)26-19)18(24)16-11-7-4-8-12-16/h3-12,14H,1-2H3,(H,21,23)/t14-/m1/s1. The number of amides is 2. The molecule has 3 rings (SSSR count). The summed E-state index contributed by atoms with van der Waals surface area (Å²) in [5.41, 5.74) is 1.18. The fourth-order valence-corrected chi connectivity index (χ4v) is 2.64. The molecule has 1 saturated heterocycles. The molecular weight excluding hydrogens is 332 g/mol. The van der Waals surface area contributed by atoms with Crippen LogP contribution in [0.15, 0.2) is 72.2 Å². The van der Waals surface area contributed by atoms with Gasteiger partial charge >= 0.3 is 5.97 Å². The summed E-state index contributed by atoms with van der Waals surface area (Å²) in [5.74, 6) is -1.22. The van der Waals surface area contributed by atoms with Gasteiger partial charge < -0.3 is 10.1 Å². The smallest absolute Gasteiger partial charge is 0.335 e. The molecule has 26 heavy (non-hydrogen) atoms. The van der Waals surface area contributed by atoms with Gasteiger partial charge in [0.05, 0.1) is 5.70 Å². The van der Waals surface area contributed by atoms with Crippen LogP contribution >= 0.6 is 0 Å². The third-order valence-corrected chi connectivity index (χ3v) is 4.04. The molecule has 1 fully saturated rings. The van der Waals surface area contributed by atoms with Gasteiger partial charge in [-0.15, -0.1) is 0 Å². The number of nitrogens with zero attached hydrogens (tertiary/aromatic N) is 1. The van der Waals surface area contributed by atoms with Gasteiger partial charge in [0, 0.05) is 11.1 Å². The Bertz CT molecular complexity index is 875. The summed E-state index contributed by atoms with van der Waals surface area (Å²) >= 11 is 0. The Morgan fingerprint density at radius 3 is 2.08 bits per heavy atom. The van der Waals surface area contributed by atoms with Crippen LogP contribution in [0.25, 0.3) is 0 Å². The SMILES string of the molecule is CC(NC(=O)c1ccccc1)=C1OC(=O)[C@@H](C)N1C(=O)c1ccccc1. The van der Waals surface area contributed by atoms with Crippen molar-refractivity contribution in [2.75, 3.05) is 0 Å². The molecule has 6 nitrogen and oxygen atoms in total. The van der Waals surface area contributed by atoms with E-state index in [1.165, 1.54) is 4.90 Å². The van der Waals surface area contributed by atoms with Crippen LogP contribution in [-0.2, 0) is 9.53 Å². The number of carbonyl (C=O) groups is 3. The molecule has 2 aromatic carbocycles. The zero-order valence-corrected chi connectivity index (χ0v) is 14.4. The van der Waals surface area contributed by atoms with Crippen molar-refractivity contribution in [3.05, 3.63) is 83.4 Å². The minimum absolute atomic E-state index is 0.0423. The van der Waals surface area contributed by atoms with Gasteiger partial charge in [-0.2, -0.15) is 0 Å². The molecule has 1 N–H and O–H groups in total. The number of hydrogen-bond acceptors (Lipinski definition) is 4. The number of ether oxygens (including phenoxy) is 1. The molecule has 6 heteroatoms. The molecule has 0 aromatic heterocycles. The normalized spacial score (nSPS) is 18.3. The second kappa shape index (κ2) is 7.23. The van der Waals surface area contributed by atoms with Gasteiger partial charge in [-0.3, -0.25) is 14.5 Å². The zero-order chi connectivity index (χ0) is 18.7. The van der Waals surface area contributed by atoms with Crippen LogP contribution < -0.4 is 5.32 Å². The van der Waals surface area contributed by atoms with Gasteiger partial charge in [-0.25, -0.2) is 4.79 Å². The first-order chi connectivity index (χ1) is 12.5. The van der Waals surface area contributed by atoms with Crippen molar-refractivity contribution in [1.29, 1.82) is 0 Å². The Balaban J connectivity index is 1.90. The number of nitrogens with one attached hydrogen (secondary N) is 1. The number of benzene rings is 2. The van der Waals surface area contributed by atoms with Gasteiger partial charge in [0.1, 0.15) is 6.04 Å². The second-order valence-corrected chi connectivity index (χ2v) is 5.89. The van der Waals surface area contributed by atoms with E-state index in [4.69, 9.17) is 4.74 Å². The summed E-state index contributed by atoms with van der Waals surface area (Å²) in [6.45, 7) is 3.18. The molecule has 1 heterocycles. The number of hydrogen-bond donors (Lipinski definition) is 1. The van der Waals surface area contributed by atoms with Crippen LogP contribution in [0, 0.1) is 0 Å². The van der Waals surface area contributed by atoms with Crippen molar-refractivity contribution in [1.82, 2.24) is 10.2 Å². The van der Waals surface area contributed by atoms with Gasteiger partial charge in [0.15, 0.2) is 0 Å². The first-order valence-corrected chi connectivity index (χ1v) is 8.16. The molecule has 1 aliphatic rings. The molecule has 132 valence electrons. The number of esters is 1. The molecule has 1 aliphatic heterocycles. The molecule has 0 radical (unpaired) electrons. The van der Waals surface area contributed by atoms with Crippen molar-refractivity contribution in [2.24, 2.45) is 0 Å². The van der Waals surface area contributed by atoms with Gasteiger partial charge in [0.2, 0.25) is 5.88 Å². The van der Waals surface area contributed by atoms with Crippen LogP contribution in [0.3, 0.4) is 0 Å². The van der Waals surface area contributed by atoms with E-state index < -0.39 is 12.0 Å². The largest absolute Gasteiger partial charge is 0.406 e. The fraction of sp³-hybridized carbons (Fsp3) is 0.150. The van der Waals surface area contributed by atoms with Gasteiger partial charge in [-0.1, -0.05) is 36.4 Å². The molecule has 0 unspecified atom stereocenters. The maximum atomic E-state index is 12.8. The summed E-state index contributed by atoms with van der Waals surface area (Å²) in [7, 11) is 0. The van der Waals surface area contributed by atoms with E-state index >= 15 is 0 Å². The van der Waals surface area contributed by atoms with Crippen LogP contribution in [-0.4, -0.2) is 28.7 Å². The highest BCUT2D eigenvalue weighted by Gasteiger charge is 2.40. The number of allylic oxidation sites excluding steroid dienone is 1. The van der Waals surface area contributed by atoms with Gasteiger partial charge in [0.25, 0.3) is 11.8 Å². The summed E-state index contributed by atoms with van der Waals surface area (Å²) in [6.07, 6.45) is 0. The first kappa shape index (κ1) is 17.4. The summed E-state index contributed by atoms with van der Waals surface area (Å²) in [6, 6.07) is 16.5. The molecule has 2 amide bonds. The number of cyclic esters (lactones) is 1. The van der Waals surface area contributed by atoms with Crippen molar-refractivity contribution < 1.29 is 19.1 Å². The molecule has 0 spiro atoms. The van der Waals surface area contributed by atoms with E-state index in [1.54, 1.807) is 68.4 Å². The Kier molecular flexibility index (Phi) is 4.84. The van der Waals surface area contributed by atoms with Gasteiger partial charge in [-0.05, 0) is 38.1 Å². The lowest BCUT2D eigenvalue weighted by atomic mass is 10.1. The highest BCUT2D eigenvalue weighted by atomic mass is 16.6. The third kappa shape index (κ3) is 3.35. The Labute approximate surface area is 151 Å². The Hall–Kier alpha value is -3.41. The van der Waals surface area contributed by atoms with Crippen LogP contribution in [0.4, 0.5) is 0 Å². The molecule has 0 aliphatic carbocycles. The quantitative estimate of drug-likeness (QED) is 0.864. The van der Waals surface area contributed by atoms with E-state index in [0.717, 1.165) is 0 Å². The Morgan fingerprint density at radius 1 is 0.962 bits per heavy atom. The predicted molar refractivity (Wildman–Crippen MR) is 94.8 cm³/mol. The van der Waals surface area contributed by atoms with Crippen molar-refractivity contribution in [2.45, 2.75) is 19.9 Å². The van der Waals surface area contributed by atoms with Crippen molar-refractivity contribution in [3.8, 4) is 0 Å². The highest BCUT2D eigenvalue weighted by Crippen LogP contribution is 2.26. The average molecular weight is 350 g/mol. The predicted octanol–water partition coefficient (Wildman–Crippen LogP) is 2.69. The molecule has 2 aromatic rings. The van der Waals surface area contributed by atoms with E-state index in [1.807, 2.05) is 6.07 Å². The number of rotatable bonds is 3. The van der Waals surface area contributed by atoms with Crippen LogP contribution in [0.5, 0.6) is 0 Å². The lowest BCUT2D eigenvalue weighted by Crippen LogP contribution is -2.36. The van der Waals surface area contributed by atoms with E-state index in [-0.39, 0.29) is 17.7 Å². The molecule has 0 bridgehead atoms.